The summed E-state index contributed by atoms with van der Waals surface area (Å²) in [5.74, 6) is 0.208. The summed E-state index contributed by atoms with van der Waals surface area (Å²) in [5.41, 5.74) is 4.59. The van der Waals surface area contributed by atoms with E-state index in [2.05, 4.69) is 22.2 Å². The van der Waals surface area contributed by atoms with Crippen molar-refractivity contribution >= 4 is 27.3 Å². The average molecular weight is 374 g/mol. The summed E-state index contributed by atoms with van der Waals surface area (Å²) in [4.78, 5) is 12.3. The lowest BCUT2D eigenvalue weighted by Gasteiger charge is -2.12. The smallest absolute Gasteiger partial charge is 0.229 e. The van der Waals surface area contributed by atoms with E-state index in [1.165, 1.54) is 24.7 Å². The van der Waals surface area contributed by atoms with Crippen LogP contribution in [0.15, 0.2) is 36.4 Å². The highest BCUT2D eigenvalue weighted by atomic mass is 32.2. The Balaban J connectivity index is 1.69. The highest BCUT2D eigenvalue weighted by Gasteiger charge is 2.13. The summed E-state index contributed by atoms with van der Waals surface area (Å²) in [6, 6.07) is 11.0. The number of nitrogens with one attached hydrogen (secondary N) is 2. The molecule has 0 atom stereocenters. The van der Waals surface area contributed by atoms with Crippen molar-refractivity contribution in [3.8, 4) is 5.75 Å². The van der Waals surface area contributed by atoms with Crippen LogP contribution in [0.3, 0.4) is 0 Å². The van der Waals surface area contributed by atoms with Gasteiger partial charge in [-0.3, -0.25) is 9.52 Å². The van der Waals surface area contributed by atoms with Gasteiger partial charge in [0.1, 0.15) is 5.75 Å². The molecule has 0 aromatic heterocycles. The van der Waals surface area contributed by atoms with Crippen LogP contribution in [0.4, 0.5) is 11.4 Å². The molecule has 0 spiro atoms. The number of aryl methyl sites for hydroxylation is 2. The molecule has 2 aromatic rings. The molecule has 2 N–H and O–H groups in total. The Hall–Kier alpha value is -2.54. The maximum Gasteiger partial charge on any atom is 0.229 e. The number of benzene rings is 2. The van der Waals surface area contributed by atoms with Gasteiger partial charge >= 0.3 is 0 Å². The van der Waals surface area contributed by atoms with Crippen molar-refractivity contribution in [1.29, 1.82) is 0 Å². The van der Waals surface area contributed by atoms with E-state index in [-0.39, 0.29) is 5.91 Å². The monoisotopic (exact) mass is 374 g/mol. The second-order valence-corrected chi connectivity index (χ2v) is 8.22. The molecule has 0 fully saturated rings. The molecule has 0 heterocycles. The Morgan fingerprint density at radius 1 is 1.12 bits per heavy atom. The van der Waals surface area contributed by atoms with Gasteiger partial charge in [0.15, 0.2) is 0 Å². The van der Waals surface area contributed by atoms with E-state index in [0.717, 1.165) is 24.7 Å². The fraction of sp³-hybridized carbons (Fsp3) is 0.316. The van der Waals surface area contributed by atoms with Gasteiger partial charge in [0.25, 0.3) is 0 Å². The predicted molar refractivity (Wildman–Crippen MR) is 102 cm³/mol. The van der Waals surface area contributed by atoms with Gasteiger partial charge in [-0.05, 0) is 48.1 Å². The molecule has 26 heavy (non-hydrogen) atoms. The summed E-state index contributed by atoms with van der Waals surface area (Å²) in [7, 11) is -1.97. The first kappa shape index (κ1) is 18.3. The van der Waals surface area contributed by atoms with E-state index in [9.17, 15) is 13.2 Å². The van der Waals surface area contributed by atoms with Crippen LogP contribution in [-0.4, -0.2) is 27.7 Å². The first-order chi connectivity index (χ1) is 12.3. The quantitative estimate of drug-likeness (QED) is 0.814. The summed E-state index contributed by atoms with van der Waals surface area (Å²) in [5, 5.41) is 2.83. The minimum absolute atomic E-state index is 0.131. The number of sulfonamides is 1. The van der Waals surface area contributed by atoms with Crippen LogP contribution in [-0.2, 0) is 34.1 Å². The first-order valence-electron chi connectivity index (χ1n) is 8.40. The van der Waals surface area contributed by atoms with Crippen molar-refractivity contribution in [3.63, 3.8) is 0 Å². The van der Waals surface area contributed by atoms with Crippen molar-refractivity contribution in [1.82, 2.24) is 0 Å². The molecule has 1 aliphatic rings. The molecule has 2 aromatic carbocycles. The van der Waals surface area contributed by atoms with Crippen LogP contribution >= 0.6 is 0 Å². The van der Waals surface area contributed by atoms with Crippen molar-refractivity contribution in [2.45, 2.75) is 25.7 Å². The molecule has 1 amide bonds. The van der Waals surface area contributed by atoms with Gasteiger partial charge in [0.2, 0.25) is 15.9 Å². The lowest BCUT2D eigenvalue weighted by Crippen LogP contribution is -2.15. The van der Waals surface area contributed by atoms with Gasteiger partial charge in [0.05, 0.1) is 25.5 Å². The first-order valence-corrected chi connectivity index (χ1v) is 10.3. The maximum absolute atomic E-state index is 12.3. The third kappa shape index (κ3) is 4.54. The normalized spacial score (nSPS) is 13.2. The van der Waals surface area contributed by atoms with E-state index in [1.807, 2.05) is 6.07 Å². The van der Waals surface area contributed by atoms with E-state index in [1.54, 1.807) is 18.2 Å². The Morgan fingerprint density at radius 2 is 1.88 bits per heavy atom. The Kier molecular flexibility index (Phi) is 5.18. The number of anilines is 2. The minimum Gasteiger partial charge on any atom is -0.494 e. The molecule has 0 saturated heterocycles. The van der Waals surface area contributed by atoms with Crippen molar-refractivity contribution in [2.75, 3.05) is 23.4 Å². The summed E-state index contributed by atoms with van der Waals surface area (Å²) >= 11 is 0. The van der Waals surface area contributed by atoms with E-state index in [0.29, 0.717) is 23.5 Å². The van der Waals surface area contributed by atoms with Crippen molar-refractivity contribution in [2.24, 2.45) is 0 Å². The van der Waals surface area contributed by atoms with Gasteiger partial charge in [-0.25, -0.2) is 8.42 Å². The van der Waals surface area contributed by atoms with Gasteiger partial charge in [-0.15, -0.1) is 0 Å². The molecule has 7 heteroatoms. The zero-order chi connectivity index (χ0) is 18.7. The predicted octanol–water partition coefficient (Wildman–Crippen LogP) is 2.74. The zero-order valence-corrected chi connectivity index (χ0v) is 15.7. The van der Waals surface area contributed by atoms with Crippen LogP contribution in [0.5, 0.6) is 5.75 Å². The Bertz CT molecular complexity index is 939. The number of hydrogen-bond donors (Lipinski definition) is 2. The number of methoxy groups -OCH3 is 1. The number of rotatable bonds is 6. The standard InChI is InChI=1S/C19H22N2O4S/c1-25-18-12-16(8-9-17(18)21-26(2,23)24)20-19(22)11-13-6-7-14-4-3-5-15(14)10-13/h6-10,12,21H,3-5,11H2,1-2H3,(H,20,22). The molecule has 6 nitrogen and oxygen atoms in total. The number of carbonyl (C=O) groups excluding carboxylic acids is 1. The van der Waals surface area contributed by atoms with Gasteiger partial charge in [-0.2, -0.15) is 0 Å². The van der Waals surface area contributed by atoms with E-state index >= 15 is 0 Å². The second-order valence-electron chi connectivity index (χ2n) is 6.47. The molecule has 0 bridgehead atoms. The van der Waals surface area contributed by atoms with Crippen LogP contribution < -0.4 is 14.8 Å². The fourth-order valence-corrected chi connectivity index (χ4v) is 3.75. The van der Waals surface area contributed by atoms with Crippen molar-refractivity contribution < 1.29 is 17.9 Å². The van der Waals surface area contributed by atoms with Crippen molar-refractivity contribution in [3.05, 3.63) is 53.1 Å². The highest BCUT2D eigenvalue weighted by molar-refractivity contribution is 7.92. The van der Waals surface area contributed by atoms with Crippen LogP contribution in [0.1, 0.15) is 23.1 Å². The molecule has 3 rings (SSSR count). The van der Waals surface area contributed by atoms with Gasteiger partial charge < -0.3 is 10.1 Å². The molecular weight excluding hydrogens is 352 g/mol. The van der Waals surface area contributed by atoms with Crippen LogP contribution in [0.25, 0.3) is 0 Å². The molecule has 1 aliphatic carbocycles. The van der Waals surface area contributed by atoms with E-state index < -0.39 is 10.0 Å². The van der Waals surface area contributed by atoms with Gasteiger partial charge in [0, 0.05) is 11.8 Å². The number of amides is 1. The van der Waals surface area contributed by atoms with E-state index in [4.69, 9.17) is 4.74 Å². The SMILES string of the molecule is COc1cc(NC(=O)Cc2ccc3c(c2)CCC3)ccc1NS(C)(=O)=O. The maximum atomic E-state index is 12.3. The third-order valence-electron chi connectivity index (χ3n) is 4.31. The Morgan fingerprint density at radius 3 is 2.62 bits per heavy atom. The zero-order valence-electron chi connectivity index (χ0n) is 14.8. The largest absolute Gasteiger partial charge is 0.494 e. The van der Waals surface area contributed by atoms with Crippen LogP contribution in [0.2, 0.25) is 0 Å². The number of carbonyl (C=O) groups is 1. The third-order valence-corrected chi connectivity index (χ3v) is 4.90. The molecule has 0 unspecified atom stereocenters. The fourth-order valence-electron chi connectivity index (χ4n) is 3.18. The number of hydrogen-bond acceptors (Lipinski definition) is 4. The Labute approximate surface area is 153 Å². The summed E-state index contributed by atoms with van der Waals surface area (Å²) in [6.45, 7) is 0. The summed E-state index contributed by atoms with van der Waals surface area (Å²) in [6.07, 6.45) is 4.74. The molecule has 0 saturated carbocycles. The van der Waals surface area contributed by atoms with Crippen LogP contribution in [0, 0.1) is 0 Å². The highest BCUT2D eigenvalue weighted by Crippen LogP contribution is 2.29. The lowest BCUT2D eigenvalue weighted by molar-refractivity contribution is -0.115. The second kappa shape index (κ2) is 7.37. The molecular formula is C19H22N2O4S. The number of ether oxygens (including phenoxy) is 1. The molecule has 138 valence electrons. The lowest BCUT2D eigenvalue weighted by atomic mass is 10.0. The van der Waals surface area contributed by atoms with Gasteiger partial charge in [-0.1, -0.05) is 18.2 Å². The number of fused-ring (bicyclic) bond motifs is 1. The summed E-state index contributed by atoms with van der Waals surface area (Å²) < 4.78 is 30.3. The molecule has 0 radical (unpaired) electrons. The topological polar surface area (TPSA) is 84.5 Å². The molecule has 0 aliphatic heterocycles. The average Bonchev–Trinajstić information content (AvgIpc) is 3.02. The minimum atomic E-state index is -3.41.